The van der Waals surface area contributed by atoms with Crippen molar-refractivity contribution in [2.75, 3.05) is 6.61 Å². The highest BCUT2D eigenvalue weighted by molar-refractivity contribution is 6.22. The highest BCUT2D eigenvalue weighted by Gasteiger charge is 2.36. The predicted octanol–water partition coefficient (Wildman–Crippen LogP) is 3.23. The topological polar surface area (TPSA) is 26.3 Å². The first-order valence-electron chi connectivity index (χ1n) is 5.13. The van der Waals surface area contributed by atoms with E-state index in [2.05, 4.69) is 0 Å². The van der Waals surface area contributed by atoms with Gasteiger partial charge in [-0.05, 0) is 26.2 Å². The van der Waals surface area contributed by atoms with Gasteiger partial charge in [-0.25, -0.2) is 0 Å². The summed E-state index contributed by atoms with van der Waals surface area (Å²) in [6.45, 7) is 10.1. The summed E-state index contributed by atoms with van der Waals surface area (Å²) in [7, 11) is 0. The Morgan fingerprint density at radius 3 is 2.29 bits per heavy atom. The zero-order chi connectivity index (χ0) is 11.4. The number of ether oxygens (including phenoxy) is 1. The second kappa shape index (κ2) is 5.59. The molecule has 3 heteroatoms. The third kappa shape index (κ3) is 3.87. The van der Waals surface area contributed by atoms with Gasteiger partial charge in [0.25, 0.3) is 0 Å². The van der Waals surface area contributed by atoms with Crippen LogP contribution < -0.4 is 0 Å². The molecule has 0 radical (unpaired) electrons. The van der Waals surface area contributed by atoms with E-state index in [1.807, 2.05) is 34.6 Å². The summed E-state index contributed by atoms with van der Waals surface area (Å²) in [5.74, 6) is 0.165. The summed E-state index contributed by atoms with van der Waals surface area (Å²) >= 11 is 6.07. The molecule has 0 aliphatic carbocycles. The second-order valence-electron chi connectivity index (χ2n) is 4.59. The van der Waals surface area contributed by atoms with Crippen molar-refractivity contribution in [3.8, 4) is 0 Å². The molecule has 0 amide bonds. The lowest BCUT2D eigenvalue weighted by atomic mass is 9.87. The fourth-order valence-electron chi connectivity index (χ4n) is 1.07. The van der Waals surface area contributed by atoms with Gasteiger partial charge in [0.05, 0.1) is 12.0 Å². The van der Waals surface area contributed by atoms with Crippen LogP contribution >= 0.6 is 11.6 Å². The molecule has 1 unspecified atom stereocenters. The summed E-state index contributed by atoms with van der Waals surface area (Å²) in [6.07, 6.45) is 0.769. The molecule has 0 saturated carbocycles. The standard InChI is InChI=1S/C11H21ClO2/c1-6-9(12)11(4,5)10(13)14-7-8(2)3/h8-9H,6-7H2,1-5H3. The number of rotatable bonds is 5. The minimum absolute atomic E-state index is 0.165. The third-order valence-electron chi connectivity index (χ3n) is 2.22. The molecule has 0 aromatic carbocycles. The molecule has 14 heavy (non-hydrogen) atoms. The van der Waals surface area contributed by atoms with Crippen LogP contribution in [0.5, 0.6) is 0 Å². The van der Waals surface area contributed by atoms with E-state index >= 15 is 0 Å². The lowest BCUT2D eigenvalue weighted by molar-refractivity contribution is -0.155. The van der Waals surface area contributed by atoms with E-state index in [4.69, 9.17) is 16.3 Å². The highest BCUT2D eigenvalue weighted by atomic mass is 35.5. The van der Waals surface area contributed by atoms with Crippen LogP contribution in [0.4, 0.5) is 0 Å². The Morgan fingerprint density at radius 1 is 1.43 bits per heavy atom. The SMILES string of the molecule is CCC(Cl)C(C)(C)C(=O)OCC(C)C. The van der Waals surface area contributed by atoms with Crippen LogP contribution in [0.1, 0.15) is 41.0 Å². The van der Waals surface area contributed by atoms with Crippen LogP contribution in [0.25, 0.3) is 0 Å². The maximum atomic E-state index is 11.7. The maximum Gasteiger partial charge on any atom is 0.313 e. The van der Waals surface area contributed by atoms with Gasteiger partial charge in [0, 0.05) is 5.38 Å². The minimum atomic E-state index is -0.592. The van der Waals surface area contributed by atoms with Crippen LogP contribution in [0.2, 0.25) is 0 Å². The average molecular weight is 221 g/mol. The van der Waals surface area contributed by atoms with Crippen molar-refractivity contribution >= 4 is 17.6 Å². The van der Waals surface area contributed by atoms with Gasteiger partial charge in [-0.3, -0.25) is 4.79 Å². The van der Waals surface area contributed by atoms with E-state index in [0.717, 1.165) is 6.42 Å². The van der Waals surface area contributed by atoms with Crippen molar-refractivity contribution in [1.82, 2.24) is 0 Å². The zero-order valence-corrected chi connectivity index (χ0v) is 10.5. The van der Waals surface area contributed by atoms with E-state index < -0.39 is 5.41 Å². The normalized spacial score (nSPS) is 14.2. The van der Waals surface area contributed by atoms with Gasteiger partial charge in [-0.15, -0.1) is 11.6 Å². The van der Waals surface area contributed by atoms with Gasteiger partial charge in [0.1, 0.15) is 0 Å². The largest absolute Gasteiger partial charge is 0.465 e. The Hall–Kier alpha value is -0.240. The Labute approximate surface area is 92.0 Å². The van der Waals surface area contributed by atoms with Crippen LogP contribution in [0, 0.1) is 11.3 Å². The van der Waals surface area contributed by atoms with Gasteiger partial charge < -0.3 is 4.74 Å². The lowest BCUT2D eigenvalue weighted by Crippen LogP contribution is -2.35. The van der Waals surface area contributed by atoms with Gasteiger partial charge in [-0.2, -0.15) is 0 Å². The summed E-state index contributed by atoms with van der Waals surface area (Å²) < 4.78 is 5.17. The van der Waals surface area contributed by atoms with Gasteiger partial charge in [-0.1, -0.05) is 20.8 Å². The molecule has 0 spiro atoms. The zero-order valence-electron chi connectivity index (χ0n) is 9.76. The fourth-order valence-corrected chi connectivity index (χ4v) is 1.16. The first-order valence-corrected chi connectivity index (χ1v) is 5.57. The molecule has 0 fully saturated rings. The number of esters is 1. The second-order valence-corrected chi connectivity index (χ2v) is 5.12. The molecule has 0 aliphatic rings. The van der Waals surface area contributed by atoms with Crippen molar-refractivity contribution in [2.24, 2.45) is 11.3 Å². The lowest BCUT2D eigenvalue weighted by Gasteiger charge is -2.27. The summed E-state index contributed by atoms with van der Waals surface area (Å²) in [5, 5.41) is -0.165. The number of halogens is 1. The summed E-state index contributed by atoms with van der Waals surface area (Å²) in [4.78, 5) is 11.7. The molecule has 0 N–H and O–H groups in total. The first kappa shape index (κ1) is 13.8. The quantitative estimate of drug-likeness (QED) is 0.525. The smallest absolute Gasteiger partial charge is 0.313 e. The predicted molar refractivity (Wildman–Crippen MR) is 59.5 cm³/mol. The summed E-state index contributed by atoms with van der Waals surface area (Å²) in [6, 6.07) is 0. The van der Waals surface area contributed by atoms with E-state index in [1.54, 1.807) is 0 Å². The van der Waals surface area contributed by atoms with E-state index in [9.17, 15) is 4.79 Å². The van der Waals surface area contributed by atoms with Crippen LogP contribution in [-0.2, 0) is 9.53 Å². The van der Waals surface area contributed by atoms with Gasteiger partial charge in [0.2, 0.25) is 0 Å². The Bertz CT molecular complexity index is 188. The first-order chi connectivity index (χ1) is 6.32. The maximum absolute atomic E-state index is 11.7. The average Bonchev–Trinajstić information content (AvgIpc) is 2.12. The van der Waals surface area contributed by atoms with E-state index in [-0.39, 0.29) is 11.3 Å². The van der Waals surface area contributed by atoms with Gasteiger partial charge >= 0.3 is 5.97 Å². The van der Waals surface area contributed by atoms with Crippen LogP contribution in [-0.4, -0.2) is 18.0 Å². The molecule has 0 saturated heterocycles. The molecule has 0 rings (SSSR count). The molecular formula is C11H21ClO2. The minimum Gasteiger partial charge on any atom is -0.465 e. The number of alkyl halides is 1. The molecule has 1 atom stereocenters. The molecule has 2 nitrogen and oxygen atoms in total. The number of hydrogen-bond donors (Lipinski definition) is 0. The van der Waals surface area contributed by atoms with E-state index in [0.29, 0.717) is 12.5 Å². The fraction of sp³-hybridized carbons (Fsp3) is 0.909. The Morgan fingerprint density at radius 2 is 1.93 bits per heavy atom. The Balaban J connectivity index is 4.21. The molecule has 0 aliphatic heterocycles. The van der Waals surface area contributed by atoms with Crippen molar-refractivity contribution in [1.29, 1.82) is 0 Å². The van der Waals surface area contributed by atoms with Crippen molar-refractivity contribution in [3.05, 3.63) is 0 Å². The van der Waals surface area contributed by atoms with E-state index in [1.165, 1.54) is 0 Å². The van der Waals surface area contributed by atoms with Crippen molar-refractivity contribution in [2.45, 2.75) is 46.4 Å². The highest BCUT2D eigenvalue weighted by Crippen LogP contribution is 2.29. The summed E-state index contributed by atoms with van der Waals surface area (Å²) in [5.41, 5.74) is -0.592. The van der Waals surface area contributed by atoms with Gasteiger partial charge in [0.15, 0.2) is 0 Å². The number of carbonyl (C=O) groups is 1. The van der Waals surface area contributed by atoms with Crippen LogP contribution in [0.15, 0.2) is 0 Å². The molecule has 0 bridgehead atoms. The molecule has 0 aromatic rings. The Kier molecular flexibility index (Phi) is 5.50. The number of carbonyl (C=O) groups excluding carboxylic acids is 1. The molecule has 0 aromatic heterocycles. The van der Waals surface area contributed by atoms with Crippen LogP contribution in [0.3, 0.4) is 0 Å². The molecule has 84 valence electrons. The monoisotopic (exact) mass is 220 g/mol. The number of hydrogen-bond acceptors (Lipinski definition) is 2. The third-order valence-corrected chi connectivity index (χ3v) is 3.07. The van der Waals surface area contributed by atoms with Crippen molar-refractivity contribution in [3.63, 3.8) is 0 Å². The molecule has 0 heterocycles. The molecular weight excluding hydrogens is 200 g/mol. The van der Waals surface area contributed by atoms with Crippen molar-refractivity contribution < 1.29 is 9.53 Å².